The lowest BCUT2D eigenvalue weighted by atomic mass is 10.1. The number of ether oxygens (including phenoxy) is 3. The highest BCUT2D eigenvalue weighted by Gasteiger charge is 2.12. The zero-order valence-corrected chi connectivity index (χ0v) is 15.9. The fourth-order valence-corrected chi connectivity index (χ4v) is 2.53. The molecule has 0 fully saturated rings. The molecule has 0 atom stereocenters. The number of nitrogens with one attached hydrogen (secondary N) is 1. The summed E-state index contributed by atoms with van der Waals surface area (Å²) in [6, 6.07) is 8.85. The Labute approximate surface area is 162 Å². The summed E-state index contributed by atoms with van der Waals surface area (Å²) in [4.78, 5) is 11.8. The van der Waals surface area contributed by atoms with E-state index in [1.165, 1.54) is 31.4 Å². The first-order valence-corrected chi connectivity index (χ1v) is 8.64. The van der Waals surface area contributed by atoms with Crippen LogP contribution in [0.15, 0.2) is 40.9 Å². The summed E-state index contributed by atoms with van der Waals surface area (Å²) in [6.07, 6.45) is 0.377. The Kier molecular flexibility index (Phi) is 7.78. The predicted molar refractivity (Wildman–Crippen MR) is 95.9 cm³/mol. The van der Waals surface area contributed by atoms with Gasteiger partial charge in [0, 0.05) is 11.0 Å². The van der Waals surface area contributed by atoms with E-state index in [1.807, 2.05) is 0 Å². The molecule has 2 aromatic carbocycles. The molecule has 1 N–H and O–H groups in total. The summed E-state index contributed by atoms with van der Waals surface area (Å²) in [5, 5.41) is 2.61. The quantitative estimate of drug-likeness (QED) is 0.632. The van der Waals surface area contributed by atoms with Crippen molar-refractivity contribution in [3.63, 3.8) is 0 Å². The molecule has 0 spiro atoms. The van der Waals surface area contributed by atoms with Gasteiger partial charge in [-0.05, 0) is 42.3 Å². The number of methoxy groups -OCH3 is 1. The monoisotopic (exact) mass is 447 g/mol. The van der Waals surface area contributed by atoms with Crippen LogP contribution in [0.3, 0.4) is 0 Å². The minimum Gasteiger partial charge on any atom is -0.493 e. The van der Waals surface area contributed by atoms with E-state index in [2.05, 4.69) is 26.0 Å². The Balaban J connectivity index is 1.82. The van der Waals surface area contributed by atoms with E-state index in [0.29, 0.717) is 16.5 Å². The second-order valence-electron chi connectivity index (χ2n) is 5.33. The molecule has 0 unspecified atom stereocenters. The molecule has 5 nitrogen and oxygen atoms in total. The molecule has 0 aliphatic carbocycles. The molecule has 0 saturated heterocycles. The summed E-state index contributed by atoms with van der Waals surface area (Å²) in [7, 11) is 1.35. The topological polar surface area (TPSA) is 56.8 Å². The fraction of sp³-hybridized carbons (Fsp3) is 0.278. The third-order valence-electron chi connectivity index (χ3n) is 3.43. The van der Waals surface area contributed by atoms with E-state index in [0.717, 1.165) is 0 Å². The van der Waals surface area contributed by atoms with Crippen LogP contribution in [-0.2, 0) is 11.2 Å². The Bertz CT molecular complexity index is 789. The van der Waals surface area contributed by atoms with Gasteiger partial charge < -0.3 is 19.5 Å². The molecule has 2 aromatic rings. The van der Waals surface area contributed by atoms with Crippen LogP contribution in [0.1, 0.15) is 5.56 Å². The summed E-state index contributed by atoms with van der Waals surface area (Å²) >= 11 is 3.13. The van der Waals surface area contributed by atoms with Gasteiger partial charge >= 0.3 is 6.61 Å². The lowest BCUT2D eigenvalue weighted by Crippen LogP contribution is -2.30. The van der Waals surface area contributed by atoms with E-state index < -0.39 is 18.3 Å². The molecule has 27 heavy (non-hydrogen) atoms. The van der Waals surface area contributed by atoms with E-state index in [-0.39, 0.29) is 30.4 Å². The molecule has 146 valence electrons. The van der Waals surface area contributed by atoms with Crippen molar-refractivity contribution in [2.45, 2.75) is 13.0 Å². The lowest BCUT2D eigenvalue weighted by Gasteiger charge is -2.12. The summed E-state index contributed by atoms with van der Waals surface area (Å²) < 4.78 is 53.5. The molecule has 0 radical (unpaired) electrons. The Morgan fingerprint density at radius 1 is 1.15 bits per heavy atom. The van der Waals surface area contributed by atoms with Crippen molar-refractivity contribution in [2.75, 3.05) is 20.3 Å². The van der Waals surface area contributed by atoms with Crippen LogP contribution in [0, 0.1) is 5.82 Å². The average Bonchev–Trinajstić information content (AvgIpc) is 2.61. The number of benzene rings is 2. The van der Waals surface area contributed by atoms with Gasteiger partial charge in [0.25, 0.3) is 5.91 Å². The molecule has 0 aliphatic heterocycles. The Morgan fingerprint density at radius 3 is 2.56 bits per heavy atom. The maximum Gasteiger partial charge on any atom is 0.387 e. The SMILES string of the molecule is COc1ccc(CCNC(=O)COc2ccc(Br)cc2F)cc1OC(F)F. The molecule has 1 amide bonds. The lowest BCUT2D eigenvalue weighted by molar-refractivity contribution is -0.123. The standard InChI is InChI=1S/C18H17BrF3NO4/c1-25-15-4-2-11(8-16(15)27-18(21)22)6-7-23-17(24)10-26-14-5-3-12(19)9-13(14)20/h2-5,8-9,18H,6-7,10H2,1H3,(H,23,24). The van der Waals surface area contributed by atoms with E-state index >= 15 is 0 Å². The van der Waals surface area contributed by atoms with Crippen molar-refractivity contribution >= 4 is 21.8 Å². The first-order valence-electron chi connectivity index (χ1n) is 7.85. The zero-order chi connectivity index (χ0) is 19.8. The third kappa shape index (κ3) is 6.67. The van der Waals surface area contributed by atoms with Gasteiger partial charge in [0.2, 0.25) is 0 Å². The van der Waals surface area contributed by atoms with Crippen molar-refractivity contribution in [2.24, 2.45) is 0 Å². The molecule has 9 heteroatoms. The van der Waals surface area contributed by atoms with Crippen molar-refractivity contribution in [1.29, 1.82) is 0 Å². The number of rotatable bonds is 9. The van der Waals surface area contributed by atoms with Gasteiger partial charge in [-0.1, -0.05) is 22.0 Å². The van der Waals surface area contributed by atoms with Gasteiger partial charge in [-0.15, -0.1) is 0 Å². The number of hydrogen-bond donors (Lipinski definition) is 1. The van der Waals surface area contributed by atoms with Crippen LogP contribution in [-0.4, -0.2) is 32.8 Å². The van der Waals surface area contributed by atoms with Crippen LogP contribution in [0.5, 0.6) is 17.2 Å². The minimum absolute atomic E-state index is 0.0303. The van der Waals surface area contributed by atoms with Crippen LogP contribution in [0.25, 0.3) is 0 Å². The number of hydrogen-bond acceptors (Lipinski definition) is 4. The molecule has 0 saturated carbocycles. The Morgan fingerprint density at radius 2 is 1.89 bits per heavy atom. The Hall–Kier alpha value is -2.42. The highest BCUT2D eigenvalue weighted by Crippen LogP contribution is 2.29. The summed E-state index contributed by atoms with van der Waals surface area (Å²) in [5.41, 5.74) is 0.673. The minimum atomic E-state index is -2.97. The maximum atomic E-state index is 13.6. The number of carbonyl (C=O) groups excluding carboxylic acids is 1. The van der Waals surface area contributed by atoms with Gasteiger partial charge in [-0.25, -0.2) is 4.39 Å². The predicted octanol–water partition coefficient (Wildman–Crippen LogP) is 3.94. The second kappa shape index (κ2) is 10.1. The van der Waals surface area contributed by atoms with E-state index in [9.17, 15) is 18.0 Å². The summed E-state index contributed by atoms with van der Waals surface area (Å²) in [5.74, 6) is -0.937. The normalized spacial score (nSPS) is 10.6. The summed E-state index contributed by atoms with van der Waals surface area (Å²) in [6.45, 7) is -3.07. The van der Waals surface area contributed by atoms with Gasteiger partial charge in [0.15, 0.2) is 29.7 Å². The van der Waals surface area contributed by atoms with Crippen LogP contribution < -0.4 is 19.5 Å². The van der Waals surface area contributed by atoms with Crippen molar-refractivity contribution in [3.8, 4) is 17.2 Å². The fourth-order valence-electron chi connectivity index (χ4n) is 2.20. The molecule has 0 bridgehead atoms. The van der Waals surface area contributed by atoms with E-state index in [4.69, 9.17) is 9.47 Å². The molecular formula is C18H17BrF3NO4. The number of amides is 1. The van der Waals surface area contributed by atoms with Crippen molar-refractivity contribution in [3.05, 3.63) is 52.3 Å². The van der Waals surface area contributed by atoms with Gasteiger partial charge in [0.05, 0.1) is 7.11 Å². The average molecular weight is 448 g/mol. The number of carbonyl (C=O) groups is 1. The largest absolute Gasteiger partial charge is 0.493 e. The van der Waals surface area contributed by atoms with Gasteiger partial charge in [-0.3, -0.25) is 4.79 Å². The van der Waals surface area contributed by atoms with Gasteiger partial charge in [-0.2, -0.15) is 8.78 Å². The van der Waals surface area contributed by atoms with Gasteiger partial charge in [0.1, 0.15) is 0 Å². The highest BCUT2D eigenvalue weighted by atomic mass is 79.9. The molecule has 0 aliphatic rings. The molecule has 0 aromatic heterocycles. The second-order valence-corrected chi connectivity index (χ2v) is 6.24. The van der Waals surface area contributed by atoms with Crippen LogP contribution in [0.2, 0.25) is 0 Å². The smallest absolute Gasteiger partial charge is 0.387 e. The van der Waals surface area contributed by atoms with E-state index in [1.54, 1.807) is 12.1 Å². The zero-order valence-electron chi connectivity index (χ0n) is 14.3. The number of alkyl halides is 2. The highest BCUT2D eigenvalue weighted by molar-refractivity contribution is 9.10. The van der Waals surface area contributed by atoms with Crippen LogP contribution >= 0.6 is 15.9 Å². The van der Waals surface area contributed by atoms with Crippen molar-refractivity contribution < 1.29 is 32.2 Å². The first kappa shape index (κ1) is 20.9. The number of halogens is 4. The molecular weight excluding hydrogens is 431 g/mol. The molecule has 2 rings (SSSR count). The maximum absolute atomic E-state index is 13.6. The molecule has 0 heterocycles. The van der Waals surface area contributed by atoms with Crippen molar-refractivity contribution in [1.82, 2.24) is 5.32 Å². The van der Waals surface area contributed by atoms with Crippen LogP contribution in [0.4, 0.5) is 13.2 Å². The first-order chi connectivity index (χ1) is 12.9. The third-order valence-corrected chi connectivity index (χ3v) is 3.93.